The molecule has 1 aliphatic rings. The van der Waals surface area contributed by atoms with Crippen molar-refractivity contribution >= 4 is 11.6 Å². The van der Waals surface area contributed by atoms with Gasteiger partial charge in [0.25, 0.3) is 11.5 Å². The second-order valence-corrected chi connectivity index (χ2v) is 5.91. The molecule has 0 saturated heterocycles. The number of hydrogen-bond acceptors (Lipinski definition) is 3. The first-order valence-corrected chi connectivity index (χ1v) is 8.08. The molecule has 1 atom stereocenters. The van der Waals surface area contributed by atoms with Crippen LogP contribution in [-0.4, -0.2) is 22.2 Å². The monoisotopic (exact) mass is 311 g/mol. The lowest BCUT2D eigenvalue weighted by atomic mass is 10.2. The highest BCUT2D eigenvalue weighted by molar-refractivity contribution is 5.95. The van der Waals surface area contributed by atoms with Crippen molar-refractivity contribution in [1.29, 1.82) is 0 Å². The highest BCUT2D eigenvalue weighted by Gasteiger charge is 2.28. The molecule has 23 heavy (non-hydrogen) atoms. The summed E-state index contributed by atoms with van der Waals surface area (Å²) < 4.78 is 1.32. The Labute approximate surface area is 135 Å². The summed E-state index contributed by atoms with van der Waals surface area (Å²) in [5.41, 5.74) is 1.50. The van der Waals surface area contributed by atoms with Gasteiger partial charge in [0.2, 0.25) is 0 Å². The van der Waals surface area contributed by atoms with Gasteiger partial charge in [-0.2, -0.15) is 5.10 Å². The third-order valence-corrected chi connectivity index (χ3v) is 4.22. The fourth-order valence-electron chi connectivity index (χ4n) is 2.72. The molecule has 2 aromatic rings. The normalized spacial score (nSPS) is 15.2. The Hall–Kier alpha value is -2.43. The molecule has 1 aromatic heterocycles. The summed E-state index contributed by atoms with van der Waals surface area (Å²) in [5.74, 6) is 0.321. The first-order chi connectivity index (χ1) is 11.1. The Morgan fingerprint density at radius 1 is 1.26 bits per heavy atom. The van der Waals surface area contributed by atoms with E-state index in [1.54, 1.807) is 17.9 Å². The van der Waals surface area contributed by atoms with E-state index in [1.165, 1.54) is 10.7 Å². The molecule has 0 N–H and O–H groups in total. The maximum Gasteiger partial charge on any atom is 0.267 e. The number of likely N-dealkylation sites (N-methyl/N-ethyl adjacent to an activating group) is 1. The summed E-state index contributed by atoms with van der Waals surface area (Å²) in [6.45, 7) is 4.21. The van der Waals surface area contributed by atoms with Gasteiger partial charge in [0.05, 0.1) is 5.69 Å². The van der Waals surface area contributed by atoms with Crippen LogP contribution < -0.4 is 10.5 Å². The lowest BCUT2D eigenvalue weighted by Crippen LogP contribution is -2.40. The predicted molar refractivity (Wildman–Crippen MR) is 89.7 cm³/mol. The maximum absolute atomic E-state index is 12.9. The van der Waals surface area contributed by atoms with E-state index in [1.807, 2.05) is 37.3 Å². The molecule has 0 aliphatic heterocycles. The van der Waals surface area contributed by atoms with Gasteiger partial charge in [-0.05, 0) is 44.9 Å². The average molecular weight is 311 g/mol. The number of carbonyl (C=O) groups excluding carboxylic acids is 1. The minimum atomic E-state index is -0.624. The van der Waals surface area contributed by atoms with Crippen LogP contribution in [0.5, 0.6) is 0 Å². The standard InChI is InChI=1S/C18H21N3O2/c1-3-20(15-7-5-4-6-8-15)18(23)13(2)21-17(22)12-11-16(19-21)14-9-10-14/h4-8,11-14H,3,9-10H2,1-2H3. The van der Waals surface area contributed by atoms with E-state index >= 15 is 0 Å². The smallest absolute Gasteiger partial charge is 0.267 e. The molecule has 1 amide bonds. The summed E-state index contributed by atoms with van der Waals surface area (Å²) >= 11 is 0. The molecule has 1 heterocycles. The molecule has 5 nitrogen and oxygen atoms in total. The van der Waals surface area contributed by atoms with Crippen molar-refractivity contribution in [3.63, 3.8) is 0 Å². The summed E-state index contributed by atoms with van der Waals surface area (Å²) in [5, 5.41) is 4.42. The van der Waals surface area contributed by atoms with Gasteiger partial charge in [-0.25, -0.2) is 4.68 Å². The molecule has 1 aliphatic carbocycles. The van der Waals surface area contributed by atoms with Gasteiger partial charge in [0, 0.05) is 24.2 Å². The molecule has 0 radical (unpaired) electrons. The Balaban J connectivity index is 1.89. The second kappa shape index (κ2) is 6.36. The van der Waals surface area contributed by atoms with Crippen LogP contribution >= 0.6 is 0 Å². The lowest BCUT2D eigenvalue weighted by Gasteiger charge is -2.25. The van der Waals surface area contributed by atoms with E-state index < -0.39 is 6.04 Å². The number of carbonyl (C=O) groups is 1. The van der Waals surface area contributed by atoms with Crippen LogP contribution in [0.25, 0.3) is 0 Å². The van der Waals surface area contributed by atoms with Crippen molar-refractivity contribution in [2.45, 2.75) is 38.6 Å². The third-order valence-electron chi connectivity index (χ3n) is 4.22. The Morgan fingerprint density at radius 2 is 1.96 bits per heavy atom. The van der Waals surface area contributed by atoms with Crippen molar-refractivity contribution in [2.24, 2.45) is 0 Å². The number of rotatable bonds is 5. The Kier molecular flexibility index (Phi) is 4.28. The summed E-state index contributed by atoms with van der Waals surface area (Å²) in [7, 11) is 0. The van der Waals surface area contributed by atoms with Crippen LogP contribution in [0, 0.1) is 0 Å². The Bertz CT molecular complexity index is 750. The second-order valence-electron chi connectivity index (χ2n) is 5.91. The quantitative estimate of drug-likeness (QED) is 0.853. The highest BCUT2D eigenvalue weighted by Crippen LogP contribution is 2.38. The topological polar surface area (TPSA) is 55.2 Å². The number of aromatic nitrogens is 2. The van der Waals surface area contributed by atoms with Crippen LogP contribution in [0.2, 0.25) is 0 Å². The molecule has 1 saturated carbocycles. The summed E-state index contributed by atoms with van der Waals surface area (Å²) in [4.78, 5) is 26.7. The van der Waals surface area contributed by atoms with Gasteiger partial charge in [0.1, 0.15) is 6.04 Å². The van der Waals surface area contributed by atoms with Gasteiger partial charge in [0.15, 0.2) is 0 Å². The molecule has 0 spiro atoms. The molecular formula is C18H21N3O2. The molecule has 3 rings (SSSR count). The van der Waals surface area contributed by atoms with Crippen LogP contribution in [-0.2, 0) is 4.79 Å². The summed E-state index contributed by atoms with van der Waals surface area (Å²) in [6, 6.07) is 12.2. The number of hydrogen-bond donors (Lipinski definition) is 0. The Morgan fingerprint density at radius 3 is 2.57 bits per heavy atom. The van der Waals surface area contributed by atoms with Crippen LogP contribution in [0.1, 0.15) is 44.3 Å². The minimum absolute atomic E-state index is 0.124. The molecule has 0 bridgehead atoms. The number of para-hydroxylation sites is 1. The summed E-state index contributed by atoms with van der Waals surface area (Å²) in [6.07, 6.45) is 2.22. The number of amides is 1. The highest BCUT2D eigenvalue weighted by atomic mass is 16.2. The first kappa shape index (κ1) is 15.5. The van der Waals surface area contributed by atoms with Crippen LogP contribution in [0.15, 0.2) is 47.3 Å². The fourth-order valence-corrected chi connectivity index (χ4v) is 2.72. The van der Waals surface area contributed by atoms with Gasteiger partial charge in [-0.15, -0.1) is 0 Å². The van der Waals surface area contributed by atoms with E-state index in [0.29, 0.717) is 12.5 Å². The van der Waals surface area contributed by atoms with Crippen molar-refractivity contribution in [3.05, 3.63) is 58.5 Å². The minimum Gasteiger partial charge on any atom is -0.311 e. The zero-order valence-corrected chi connectivity index (χ0v) is 13.5. The first-order valence-electron chi connectivity index (χ1n) is 8.08. The third kappa shape index (κ3) is 3.18. The molecule has 1 aromatic carbocycles. The van der Waals surface area contributed by atoms with Crippen LogP contribution in [0.4, 0.5) is 5.69 Å². The fraction of sp³-hybridized carbons (Fsp3) is 0.389. The predicted octanol–water partition coefficient (Wildman–Crippen LogP) is 2.73. The van der Waals surface area contributed by atoms with Crippen molar-refractivity contribution in [1.82, 2.24) is 9.78 Å². The molecule has 5 heteroatoms. The lowest BCUT2D eigenvalue weighted by molar-refractivity contribution is -0.121. The zero-order chi connectivity index (χ0) is 16.4. The number of nitrogens with zero attached hydrogens (tertiary/aromatic N) is 3. The van der Waals surface area contributed by atoms with Gasteiger partial charge in [-0.3, -0.25) is 9.59 Å². The molecule has 1 unspecified atom stereocenters. The number of benzene rings is 1. The van der Waals surface area contributed by atoms with Crippen molar-refractivity contribution in [2.75, 3.05) is 11.4 Å². The molecule has 1 fully saturated rings. The number of anilines is 1. The van der Waals surface area contributed by atoms with E-state index in [9.17, 15) is 9.59 Å². The maximum atomic E-state index is 12.9. The van der Waals surface area contributed by atoms with E-state index in [0.717, 1.165) is 24.2 Å². The van der Waals surface area contributed by atoms with Crippen molar-refractivity contribution < 1.29 is 4.79 Å². The van der Waals surface area contributed by atoms with E-state index in [4.69, 9.17) is 0 Å². The molecule has 120 valence electrons. The van der Waals surface area contributed by atoms with Crippen LogP contribution in [0.3, 0.4) is 0 Å². The van der Waals surface area contributed by atoms with Gasteiger partial charge >= 0.3 is 0 Å². The largest absolute Gasteiger partial charge is 0.311 e. The zero-order valence-electron chi connectivity index (χ0n) is 13.5. The average Bonchev–Trinajstić information content (AvgIpc) is 3.41. The van der Waals surface area contributed by atoms with Gasteiger partial charge < -0.3 is 4.90 Å². The van der Waals surface area contributed by atoms with E-state index in [-0.39, 0.29) is 11.5 Å². The SMILES string of the molecule is CCN(C(=O)C(C)n1nc(C2CC2)ccc1=O)c1ccccc1. The molecular weight excluding hydrogens is 290 g/mol. The van der Waals surface area contributed by atoms with E-state index in [2.05, 4.69) is 5.10 Å². The van der Waals surface area contributed by atoms with Gasteiger partial charge in [-0.1, -0.05) is 18.2 Å². The van der Waals surface area contributed by atoms with Crippen molar-refractivity contribution in [3.8, 4) is 0 Å².